The molecule has 5 rings (SSSR count). The van der Waals surface area contributed by atoms with Gasteiger partial charge in [-0.3, -0.25) is 9.99 Å². The van der Waals surface area contributed by atoms with Crippen LogP contribution in [0.1, 0.15) is 22.7 Å². The van der Waals surface area contributed by atoms with Gasteiger partial charge in [-0.15, -0.1) is 5.53 Å². The number of nitrogens with one attached hydrogen (secondary N) is 4. The number of hydrogen-bond donors (Lipinski definition) is 4. The van der Waals surface area contributed by atoms with Gasteiger partial charge in [-0.25, -0.2) is 8.78 Å². The largest absolute Gasteiger partial charge is 0.373 e. The Kier molecular flexibility index (Phi) is 6.65. The molecule has 0 aliphatic carbocycles. The van der Waals surface area contributed by atoms with Crippen LogP contribution < -0.4 is 21.6 Å². The normalized spacial score (nSPS) is 13.6. The molecular weight excluding hydrogens is 540 g/mol. The zero-order valence-corrected chi connectivity index (χ0v) is 21.5. The fourth-order valence-corrected chi connectivity index (χ4v) is 4.73. The van der Waals surface area contributed by atoms with E-state index in [-0.39, 0.29) is 17.7 Å². The van der Waals surface area contributed by atoms with Gasteiger partial charge in [-0.05, 0) is 76.4 Å². The summed E-state index contributed by atoms with van der Waals surface area (Å²) in [6.07, 6.45) is 3.41. The molecule has 10 heteroatoms. The van der Waals surface area contributed by atoms with Crippen LogP contribution in [0.25, 0.3) is 10.9 Å². The van der Waals surface area contributed by atoms with Crippen molar-refractivity contribution in [3.05, 3.63) is 105 Å². The first-order valence-corrected chi connectivity index (χ1v) is 12.2. The van der Waals surface area contributed by atoms with Crippen molar-refractivity contribution in [1.82, 2.24) is 21.0 Å². The first kappa shape index (κ1) is 24.5. The highest BCUT2D eigenvalue weighted by Crippen LogP contribution is 2.37. The molecule has 1 atom stereocenters. The molecule has 0 saturated carbocycles. The van der Waals surface area contributed by atoms with Crippen molar-refractivity contribution in [1.29, 1.82) is 5.26 Å². The second-order valence-electron chi connectivity index (χ2n) is 8.66. The monoisotopic (exact) mass is 561 g/mol. The Bertz CT molecular complexity index is 1560. The van der Waals surface area contributed by atoms with Crippen LogP contribution in [0.2, 0.25) is 0 Å². The van der Waals surface area contributed by atoms with Crippen LogP contribution in [0.5, 0.6) is 0 Å². The molecule has 1 unspecified atom stereocenters. The van der Waals surface area contributed by atoms with E-state index in [2.05, 4.69) is 48.6 Å². The number of nitrogens with zero attached hydrogens (tertiary/aromatic N) is 3. The number of rotatable bonds is 6. The third-order valence-corrected chi connectivity index (χ3v) is 6.61. The smallest absolute Gasteiger partial charge is 0.126 e. The maximum absolute atomic E-state index is 13.8. The number of anilines is 3. The van der Waals surface area contributed by atoms with Gasteiger partial charge in [0.15, 0.2) is 0 Å². The molecule has 0 radical (unpaired) electrons. The Balaban J connectivity index is 1.60. The zero-order valence-electron chi connectivity index (χ0n) is 19.9. The van der Waals surface area contributed by atoms with E-state index in [9.17, 15) is 14.0 Å². The lowest BCUT2D eigenvalue weighted by Crippen LogP contribution is -2.35. The fourth-order valence-electron chi connectivity index (χ4n) is 4.16. The van der Waals surface area contributed by atoms with Crippen LogP contribution in [0.3, 0.4) is 0 Å². The van der Waals surface area contributed by atoms with Crippen molar-refractivity contribution in [3.63, 3.8) is 0 Å². The number of aryl methyl sites for hydroxylation is 1. The molecule has 0 saturated heterocycles. The first-order chi connectivity index (χ1) is 17.8. The summed E-state index contributed by atoms with van der Waals surface area (Å²) < 4.78 is 28.2. The Labute approximate surface area is 220 Å². The molecule has 37 heavy (non-hydrogen) atoms. The SMILES string of the molecule is Cc1cc(Nc2c(C#N)cnc3c(Br)cc(NC(C4=CN(C)NN4)c4ccc(F)cc4)cc23)ccc1F. The van der Waals surface area contributed by atoms with Crippen molar-refractivity contribution in [2.75, 3.05) is 17.7 Å². The molecule has 4 N–H and O–H groups in total. The van der Waals surface area contributed by atoms with Crippen molar-refractivity contribution in [2.45, 2.75) is 13.0 Å². The molecule has 2 heterocycles. The van der Waals surface area contributed by atoms with E-state index in [0.29, 0.717) is 33.4 Å². The van der Waals surface area contributed by atoms with E-state index in [0.717, 1.165) is 21.4 Å². The maximum atomic E-state index is 13.8. The molecule has 3 aromatic carbocycles. The lowest BCUT2D eigenvalue weighted by atomic mass is 10.0. The van der Waals surface area contributed by atoms with Crippen molar-refractivity contribution in [3.8, 4) is 6.07 Å². The minimum atomic E-state index is -0.342. The van der Waals surface area contributed by atoms with Gasteiger partial charge in [-0.1, -0.05) is 12.1 Å². The van der Waals surface area contributed by atoms with E-state index < -0.39 is 0 Å². The highest BCUT2D eigenvalue weighted by Gasteiger charge is 2.22. The summed E-state index contributed by atoms with van der Waals surface area (Å²) in [5, 5.41) is 19.1. The molecule has 0 spiro atoms. The molecule has 7 nitrogen and oxygen atoms in total. The highest BCUT2D eigenvalue weighted by molar-refractivity contribution is 9.10. The zero-order chi connectivity index (χ0) is 26.1. The molecule has 0 fully saturated rings. The van der Waals surface area contributed by atoms with E-state index in [4.69, 9.17) is 0 Å². The highest BCUT2D eigenvalue weighted by atomic mass is 79.9. The van der Waals surface area contributed by atoms with E-state index in [1.165, 1.54) is 24.4 Å². The van der Waals surface area contributed by atoms with E-state index in [1.54, 1.807) is 36.2 Å². The van der Waals surface area contributed by atoms with Gasteiger partial charge in [0.25, 0.3) is 0 Å². The number of nitriles is 1. The lowest BCUT2D eigenvalue weighted by Gasteiger charge is -2.22. The molecule has 1 aromatic heterocycles. The molecule has 186 valence electrons. The minimum absolute atomic E-state index is 0.304. The van der Waals surface area contributed by atoms with Gasteiger partial charge >= 0.3 is 0 Å². The number of halogens is 3. The number of aromatic nitrogens is 1. The molecule has 4 aromatic rings. The van der Waals surface area contributed by atoms with Gasteiger partial charge in [-0.2, -0.15) is 5.26 Å². The summed E-state index contributed by atoms with van der Waals surface area (Å²) in [6, 6.07) is 16.6. The second kappa shape index (κ2) is 10.0. The van der Waals surface area contributed by atoms with Crippen molar-refractivity contribution >= 4 is 43.9 Å². The van der Waals surface area contributed by atoms with Crippen LogP contribution in [-0.4, -0.2) is 17.0 Å². The summed E-state index contributed by atoms with van der Waals surface area (Å²) in [7, 11) is 1.86. The lowest BCUT2D eigenvalue weighted by molar-refractivity contribution is 0.326. The predicted molar refractivity (Wildman–Crippen MR) is 143 cm³/mol. The molecule has 0 amide bonds. The fraction of sp³-hybridized carbons (Fsp3) is 0.111. The van der Waals surface area contributed by atoms with Crippen LogP contribution in [0, 0.1) is 29.9 Å². The number of pyridine rings is 1. The standard InChI is InChI=1S/C27H22BrF2N7/c1-15-9-19(7-8-23(15)30)33-25-17(12-31)13-32-27-21(25)10-20(11-22(27)28)34-26(24-14-37(2)36-35-24)16-3-5-18(29)6-4-16/h3-11,13-14,26,34-36H,1-2H3,(H,32,33). The third kappa shape index (κ3) is 5.05. The molecule has 1 aliphatic heterocycles. The summed E-state index contributed by atoms with van der Waals surface area (Å²) >= 11 is 3.62. The Morgan fingerprint density at radius 3 is 2.54 bits per heavy atom. The van der Waals surface area contributed by atoms with Crippen LogP contribution in [0.15, 0.2) is 77.2 Å². The Morgan fingerprint density at radius 2 is 1.86 bits per heavy atom. The van der Waals surface area contributed by atoms with Crippen LogP contribution in [-0.2, 0) is 0 Å². The molecule has 1 aliphatic rings. The summed E-state index contributed by atoms with van der Waals surface area (Å²) in [5.74, 6) is -0.622. The van der Waals surface area contributed by atoms with Gasteiger partial charge < -0.3 is 16.1 Å². The van der Waals surface area contributed by atoms with E-state index in [1.807, 2.05) is 25.4 Å². The third-order valence-electron chi connectivity index (χ3n) is 6.01. The number of benzene rings is 3. The predicted octanol–water partition coefficient (Wildman–Crippen LogP) is 6.15. The molecular formula is C27H22BrF2N7. The number of fused-ring (bicyclic) bond motifs is 1. The maximum Gasteiger partial charge on any atom is 0.126 e. The summed E-state index contributed by atoms with van der Waals surface area (Å²) in [4.78, 5) is 4.48. The van der Waals surface area contributed by atoms with Gasteiger partial charge in [0.1, 0.15) is 17.7 Å². The van der Waals surface area contributed by atoms with Gasteiger partial charge in [0.2, 0.25) is 0 Å². The summed E-state index contributed by atoms with van der Waals surface area (Å²) in [5.41, 5.74) is 11.2. The quantitative estimate of drug-likeness (QED) is 0.224. The number of hydrogen-bond acceptors (Lipinski definition) is 7. The summed E-state index contributed by atoms with van der Waals surface area (Å²) in [6.45, 7) is 1.68. The Hall–Kier alpha value is -4.20. The van der Waals surface area contributed by atoms with E-state index >= 15 is 0 Å². The second-order valence-corrected chi connectivity index (χ2v) is 9.52. The first-order valence-electron chi connectivity index (χ1n) is 11.4. The average Bonchev–Trinajstić information content (AvgIpc) is 3.31. The molecule has 0 bridgehead atoms. The van der Waals surface area contributed by atoms with Crippen LogP contribution >= 0.6 is 15.9 Å². The number of hydrazine groups is 2. The van der Waals surface area contributed by atoms with Crippen molar-refractivity contribution < 1.29 is 8.78 Å². The van der Waals surface area contributed by atoms with Crippen molar-refractivity contribution in [2.24, 2.45) is 0 Å². The topological polar surface area (TPSA) is 88.0 Å². The van der Waals surface area contributed by atoms with Crippen LogP contribution in [0.4, 0.5) is 25.8 Å². The van der Waals surface area contributed by atoms with Gasteiger partial charge in [0, 0.05) is 40.7 Å². The average molecular weight is 562 g/mol. The Morgan fingerprint density at radius 1 is 1.08 bits per heavy atom. The minimum Gasteiger partial charge on any atom is -0.373 e. The van der Waals surface area contributed by atoms with Gasteiger partial charge in [0.05, 0.1) is 28.5 Å².